The van der Waals surface area contributed by atoms with Gasteiger partial charge in [0.25, 0.3) is 0 Å². The highest BCUT2D eigenvalue weighted by molar-refractivity contribution is 6.30. The molecule has 0 aliphatic rings. The Morgan fingerprint density at radius 1 is 1.37 bits per heavy atom. The molecular weight excluding hydrogens is 264 g/mol. The summed E-state index contributed by atoms with van der Waals surface area (Å²) >= 11 is 5.90. The lowest BCUT2D eigenvalue weighted by molar-refractivity contribution is 0.0317. The molecule has 0 aromatic heterocycles. The summed E-state index contributed by atoms with van der Waals surface area (Å²) in [5.74, 6) is 0. The summed E-state index contributed by atoms with van der Waals surface area (Å²) in [5, 5.41) is 10.5. The van der Waals surface area contributed by atoms with Crippen molar-refractivity contribution >= 4 is 11.6 Å². The number of hydrogen-bond acceptors (Lipinski definition) is 4. The number of nitrogens with two attached hydrogens (primary N) is 1. The first-order valence-electron chi connectivity index (χ1n) is 6.34. The summed E-state index contributed by atoms with van der Waals surface area (Å²) in [6, 6.07) is 7.62. The number of ether oxygens (including phenoxy) is 1. The number of likely N-dealkylation sites (N-methyl/N-ethyl adjacent to an activating group) is 1. The lowest BCUT2D eigenvalue weighted by Gasteiger charge is -2.32. The Balaban J connectivity index is 2.79. The van der Waals surface area contributed by atoms with Gasteiger partial charge in [-0.1, -0.05) is 23.7 Å². The summed E-state index contributed by atoms with van der Waals surface area (Å²) in [6.07, 6.45) is -0.524. The predicted molar refractivity (Wildman–Crippen MR) is 78.4 cm³/mol. The van der Waals surface area contributed by atoms with Crippen molar-refractivity contribution < 1.29 is 9.84 Å². The SMILES string of the molecule is COCC(O)CN(C)C(c1ccc(Cl)cc1)C(C)N. The van der Waals surface area contributed by atoms with E-state index in [1.54, 1.807) is 7.11 Å². The van der Waals surface area contributed by atoms with E-state index in [-0.39, 0.29) is 12.1 Å². The molecule has 3 atom stereocenters. The first-order valence-corrected chi connectivity index (χ1v) is 6.71. The third-order valence-corrected chi connectivity index (χ3v) is 3.29. The quantitative estimate of drug-likeness (QED) is 0.800. The van der Waals surface area contributed by atoms with E-state index in [1.807, 2.05) is 43.1 Å². The van der Waals surface area contributed by atoms with Gasteiger partial charge in [0.1, 0.15) is 0 Å². The molecule has 0 saturated carbocycles. The normalized spacial score (nSPS) is 16.4. The first kappa shape index (κ1) is 16.4. The van der Waals surface area contributed by atoms with E-state index >= 15 is 0 Å². The van der Waals surface area contributed by atoms with Crippen LogP contribution in [0.1, 0.15) is 18.5 Å². The molecular formula is C14H23ClN2O2. The van der Waals surface area contributed by atoms with Crippen molar-refractivity contribution in [2.24, 2.45) is 5.73 Å². The summed E-state index contributed by atoms with van der Waals surface area (Å²) < 4.78 is 4.94. The summed E-state index contributed by atoms with van der Waals surface area (Å²) in [5.41, 5.74) is 7.16. The van der Waals surface area contributed by atoms with Crippen LogP contribution >= 0.6 is 11.6 Å². The molecule has 0 spiro atoms. The number of halogens is 1. The smallest absolute Gasteiger partial charge is 0.0900 e. The van der Waals surface area contributed by atoms with Gasteiger partial charge in [-0.05, 0) is 31.7 Å². The zero-order chi connectivity index (χ0) is 14.4. The molecule has 4 nitrogen and oxygen atoms in total. The molecule has 0 fully saturated rings. The topological polar surface area (TPSA) is 58.7 Å². The number of rotatable bonds is 7. The molecule has 3 N–H and O–H groups in total. The van der Waals surface area contributed by atoms with Crippen molar-refractivity contribution in [2.45, 2.75) is 25.1 Å². The second-order valence-corrected chi connectivity index (χ2v) is 5.34. The largest absolute Gasteiger partial charge is 0.389 e. The van der Waals surface area contributed by atoms with Crippen molar-refractivity contribution in [1.29, 1.82) is 0 Å². The van der Waals surface area contributed by atoms with Crippen LogP contribution in [0.2, 0.25) is 5.02 Å². The Labute approximate surface area is 120 Å². The van der Waals surface area contributed by atoms with Gasteiger partial charge >= 0.3 is 0 Å². The molecule has 0 bridgehead atoms. The average Bonchev–Trinajstić information content (AvgIpc) is 2.31. The third-order valence-electron chi connectivity index (χ3n) is 3.04. The van der Waals surface area contributed by atoms with E-state index in [0.717, 1.165) is 5.56 Å². The van der Waals surface area contributed by atoms with Crippen LogP contribution in [-0.4, -0.2) is 49.5 Å². The minimum absolute atomic E-state index is 0.0313. The lowest BCUT2D eigenvalue weighted by atomic mass is 9.99. The molecule has 0 amide bonds. The van der Waals surface area contributed by atoms with Crippen molar-refractivity contribution in [3.8, 4) is 0 Å². The molecule has 5 heteroatoms. The molecule has 0 aliphatic carbocycles. The molecule has 1 aromatic carbocycles. The molecule has 1 aromatic rings. The van der Waals surface area contributed by atoms with E-state index < -0.39 is 6.10 Å². The van der Waals surface area contributed by atoms with Crippen LogP contribution in [0.4, 0.5) is 0 Å². The van der Waals surface area contributed by atoms with Crippen LogP contribution in [-0.2, 0) is 4.74 Å². The van der Waals surface area contributed by atoms with Gasteiger partial charge < -0.3 is 15.6 Å². The highest BCUT2D eigenvalue weighted by Crippen LogP contribution is 2.24. The van der Waals surface area contributed by atoms with Crippen LogP contribution in [0.3, 0.4) is 0 Å². The second-order valence-electron chi connectivity index (χ2n) is 4.90. The summed E-state index contributed by atoms with van der Waals surface area (Å²) in [4.78, 5) is 2.04. The van der Waals surface area contributed by atoms with Gasteiger partial charge in [-0.15, -0.1) is 0 Å². The van der Waals surface area contributed by atoms with Crippen molar-refractivity contribution in [3.63, 3.8) is 0 Å². The first-order chi connectivity index (χ1) is 8.95. The van der Waals surface area contributed by atoms with Crippen molar-refractivity contribution in [3.05, 3.63) is 34.9 Å². The third kappa shape index (κ3) is 5.09. The molecule has 0 radical (unpaired) electrons. The standard InChI is InChI=1S/C14H23ClN2O2/c1-10(16)14(11-4-6-12(15)7-5-11)17(2)8-13(18)9-19-3/h4-7,10,13-14,18H,8-9,16H2,1-3H3. The highest BCUT2D eigenvalue weighted by Gasteiger charge is 2.22. The second kappa shape index (κ2) is 7.82. The molecule has 1 rings (SSSR count). The number of aliphatic hydroxyl groups is 1. The number of aliphatic hydroxyl groups excluding tert-OH is 1. The maximum Gasteiger partial charge on any atom is 0.0900 e. The molecule has 3 unspecified atom stereocenters. The molecule has 19 heavy (non-hydrogen) atoms. The van der Waals surface area contributed by atoms with Gasteiger partial charge in [0.05, 0.1) is 12.7 Å². The minimum Gasteiger partial charge on any atom is -0.389 e. The van der Waals surface area contributed by atoms with E-state index in [1.165, 1.54) is 0 Å². The van der Waals surface area contributed by atoms with E-state index in [4.69, 9.17) is 22.1 Å². The average molecular weight is 287 g/mol. The number of nitrogens with zero attached hydrogens (tertiary/aromatic N) is 1. The minimum atomic E-state index is -0.524. The Morgan fingerprint density at radius 2 is 1.95 bits per heavy atom. The van der Waals surface area contributed by atoms with Gasteiger partial charge in [0.2, 0.25) is 0 Å². The number of hydrogen-bond donors (Lipinski definition) is 2. The highest BCUT2D eigenvalue weighted by atomic mass is 35.5. The maximum atomic E-state index is 9.81. The summed E-state index contributed by atoms with van der Waals surface area (Å²) in [7, 11) is 3.52. The van der Waals surface area contributed by atoms with Gasteiger partial charge in [-0.25, -0.2) is 0 Å². The maximum absolute atomic E-state index is 9.81. The molecule has 0 aliphatic heterocycles. The fourth-order valence-electron chi connectivity index (χ4n) is 2.31. The van der Waals surface area contributed by atoms with Crippen molar-refractivity contribution in [1.82, 2.24) is 4.90 Å². The Bertz CT molecular complexity index is 370. The monoisotopic (exact) mass is 286 g/mol. The lowest BCUT2D eigenvalue weighted by Crippen LogP contribution is -2.41. The van der Waals surface area contributed by atoms with Gasteiger partial charge in [0, 0.05) is 30.8 Å². The van der Waals surface area contributed by atoms with E-state index in [2.05, 4.69) is 0 Å². The fourth-order valence-corrected chi connectivity index (χ4v) is 2.44. The van der Waals surface area contributed by atoms with Gasteiger partial charge in [-0.3, -0.25) is 4.90 Å². The van der Waals surface area contributed by atoms with Gasteiger partial charge in [0.15, 0.2) is 0 Å². The van der Waals surface area contributed by atoms with Crippen LogP contribution < -0.4 is 5.73 Å². The summed E-state index contributed by atoms with van der Waals surface area (Å²) in [6.45, 7) is 2.78. The fraction of sp³-hybridized carbons (Fsp3) is 0.571. The molecule has 108 valence electrons. The number of methoxy groups -OCH3 is 1. The zero-order valence-corrected chi connectivity index (χ0v) is 12.5. The van der Waals surface area contributed by atoms with Crippen molar-refractivity contribution in [2.75, 3.05) is 27.3 Å². The Morgan fingerprint density at radius 3 is 2.42 bits per heavy atom. The molecule has 0 saturated heterocycles. The number of benzene rings is 1. The van der Waals surface area contributed by atoms with Gasteiger partial charge in [-0.2, -0.15) is 0 Å². The van der Waals surface area contributed by atoms with E-state index in [9.17, 15) is 5.11 Å². The van der Waals surface area contributed by atoms with Crippen LogP contribution in [0, 0.1) is 0 Å². The Kier molecular flexibility index (Phi) is 6.75. The predicted octanol–water partition coefficient (Wildman–Crippen LogP) is 1.67. The zero-order valence-electron chi connectivity index (χ0n) is 11.7. The van der Waals surface area contributed by atoms with E-state index in [0.29, 0.717) is 18.2 Å². The molecule has 0 heterocycles. The van der Waals surface area contributed by atoms with Crippen LogP contribution in [0.5, 0.6) is 0 Å². The van der Waals surface area contributed by atoms with Crippen LogP contribution in [0.25, 0.3) is 0 Å². The Hall–Kier alpha value is -0.650. The van der Waals surface area contributed by atoms with Crippen LogP contribution in [0.15, 0.2) is 24.3 Å².